The monoisotopic (exact) mass is 451 g/mol. The largest absolute Gasteiger partial charge is 0.468 e. The molecule has 0 aliphatic carbocycles. The molecule has 11 heteroatoms. The number of hydrogen-bond donors (Lipinski definition) is 1. The number of hydrogen-bond acceptors (Lipinski definition) is 6. The van der Waals surface area contributed by atoms with Crippen molar-refractivity contribution in [2.75, 3.05) is 19.7 Å². The van der Waals surface area contributed by atoms with Gasteiger partial charge < -0.3 is 10.1 Å². The molecule has 2 aromatic rings. The fourth-order valence-electron chi connectivity index (χ4n) is 2.53. The number of benzene rings is 1. The van der Waals surface area contributed by atoms with E-state index in [1.54, 1.807) is 6.08 Å². The number of aromatic nitrogens is 1. The van der Waals surface area contributed by atoms with Gasteiger partial charge in [-0.25, -0.2) is 4.98 Å². The number of alkyl halides is 3. The first-order valence-corrected chi connectivity index (χ1v) is 9.79. The van der Waals surface area contributed by atoms with Gasteiger partial charge in [0.25, 0.3) is 17.1 Å². The topological polar surface area (TPSA) is 88.6 Å². The fraction of sp³-hybridized carbons (Fsp3) is 0.200. The zero-order valence-electron chi connectivity index (χ0n) is 15.9. The molecular formula is C20H16F3N3O4S. The molecule has 0 unspecified atom stereocenters. The lowest BCUT2D eigenvalue weighted by Gasteiger charge is -2.13. The number of thioether (sulfide) groups is 1. The van der Waals surface area contributed by atoms with Crippen LogP contribution in [0, 0.1) is 0 Å². The van der Waals surface area contributed by atoms with Gasteiger partial charge in [-0.1, -0.05) is 30.3 Å². The number of rotatable bonds is 7. The minimum Gasteiger partial charge on any atom is -0.468 e. The summed E-state index contributed by atoms with van der Waals surface area (Å²) in [6, 6.07) is 11.5. The molecule has 2 heterocycles. The highest BCUT2D eigenvalue weighted by atomic mass is 32.2. The summed E-state index contributed by atoms with van der Waals surface area (Å²) in [5.41, 5.74) is 0.883. The Morgan fingerprint density at radius 3 is 2.55 bits per heavy atom. The number of carbonyl (C=O) groups is 3. The summed E-state index contributed by atoms with van der Waals surface area (Å²) in [5, 5.41) is 2.10. The maximum atomic E-state index is 12.4. The molecule has 0 atom stereocenters. The molecule has 3 amide bonds. The Labute approximate surface area is 179 Å². The van der Waals surface area contributed by atoms with Crippen LogP contribution in [0.15, 0.2) is 53.6 Å². The van der Waals surface area contributed by atoms with E-state index in [2.05, 4.69) is 15.0 Å². The van der Waals surface area contributed by atoms with Crippen LogP contribution in [0.25, 0.3) is 6.08 Å². The standard InChI is InChI=1S/C20H16F3N3O4S/c21-20(22,23)12-30-16-7-6-14(11-25-16)17(27)24-8-9-26-18(28)15(31-19(26)29)10-13-4-2-1-3-5-13/h1-7,10-11H,8-9,12H2,(H,24,27)/b15-10+. The maximum Gasteiger partial charge on any atom is 0.422 e. The molecule has 0 spiro atoms. The Hall–Kier alpha value is -3.34. The first kappa shape index (κ1) is 22.3. The number of pyridine rings is 1. The number of carbonyl (C=O) groups excluding carboxylic acids is 3. The van der Waals surface area contributed by atoms with E-state index in [9.17, 15) is 27.6 Å². The summed E-state index contributed by atoms with van der Waals surface area (Å²) in [4.78, 5) is 41.7. The Kier molecular flexibility index (Phi) is 6.95. The maximum absolute atomic E-state index is 12.4. The minimum atomic E-state index is -4.49. The zero-order chi connectivity index (χ0) is 22.4. The molecule has 1 saturated heterocycles. The molecule has 1 aliphatic rings. The SMILES string of the molecule is O=C(NCCN1C(=O)S/C(=C/c2ccccc2)C1=O)c1ccc(OCC(F)(F)F)nc1. The number of nitrogens with one attached hydrogen (secondary N) is 1. The quantitative estimate of drug-likeness (QED) is 0.649. The van der Waals surface area contributed by atoms with Gasteiger partial charge in [0.15, 0.2) is 6.61 Å². The molecule has 1 fully saturated rings. The van der Waals surface area contributed by atoms with Crippen LogP contribution in [0.3, 0.4) is 0 Å². The number of nitrogens with zero attached hydrogens (tertiary/aromatic N) is 2. The second-order valence-corrected chi connectivity index (χ2v) is 7.28. The Bertz CT molecular complexity index is 995. The predicted octanol–water partition coefficient (Wildman–Crippen LogP) is 3.49. The van der Waals surface area contributed by atoms with Crippen molar-refractivity contribution >= 4 is 34.9 Å². The van der Waals surface area contributed by atoms with Crippen molar-refractivity contribution < 1.29 is 32.3 Å². The predicted molar refractivity (Wildman–Crippen MR) is 107 cm³/mol. The van der Waals surface area contributed by atoms with Gasteiger partial charge >= 0.3 is 6.18 Å². The molecule has 1 N–H and O–H groups in total. The van der Waals surface area contributed by atoms with Crippen LogP contribution in [0.2, 0.25) is 0 Å². The van der Waals surface area contributed by atoms with Crippen molar-refractivity contribution in [2.24, 2.45) is 0 Å². The lowest BCUT2D eigenvalue weighted by molar-refractivity contribution is -0.154. The number of halogens is 3. The fourth-order valence-corrected chi connectivity index (χ4v) is 3.40. The highest BCUT2D eigenvalue weighted by molar-refractivity contribution is 8.18. The minimum absolute atomic E-state index is 0.00180. The summed E-state index contributed by atoms with van der Waals surface area (Å²) >= 11 is 0.822. The van der Waals surface area contributed by atoms with E-state index in [0.717, 1.165) is 34.5 Å². The normalized spacial score (nSPS) is 15.5. The van der Waals surface area contributed by atoms with E-state index < -0.39 is 29.8 Å². The molecular weight excluding hydrogens is 435 g/mol. The van der Waals surface area contributed by atoms with Gasteiger partial charge in [-0.2, -0.15) is 13.2 Å². The van der Waals surface area contributed by atoms with Gasteiger partial charge in [0, 0.05) is 25.4 Å². The number of imide groups is 1. The molecule has 0 saturated carbocycles. The van der Waals surface area contributed by atoms with Gasteiger partial charge in [-0.15, -0.1) is 0 Å². The third kappa shape index (κ3) is 6.32. The van der Waals surface area contributed by atoms with Crippen LogP contribution in [0.1, 0.15) is 15.9 Å². The first-order valence-electron chi connectivity index (χ1n) is 8.97. The smallest absolute Gasteiger partial charge is 0.422 e. The van der Waals surface area contributed by atoms with Crippen molar-refractivity contribution in [3.8, 4) is 5.88 Å². The van der Waals surface area contributed by atoms with Crippen LogP contribution >= 0.6 is 11.8 Å². The van der Waals surface area contributed by atoms with E-state index in [4.69, 9.17) is 0 Å². The van der Waals surface area contributed by atoms with Gasteiger partial charge in [-0.3, -0.25) is 19.3 Å². The van der Waals surface area contributed by atoms with Gasteiger partial charge in [-0.05, 0) is 29.5 Å². The Balaban J connectivity index is 1.50. The van der Waals surface area contributed by atoms with Gasteiger partial charge in [0.05, 0.1) is 10.5 Å². The molecule has 7 nitrogen and oxygen atoms in total. The second kappa shape index (κ2) is 9.65. The highest BCUT2D eigenvalue weighted by Crippen LogP contribution is 2.31. The average Bonchev–Trinajstić information content (AvgIpc) is 3.00. The van der Waals surface area contributed by atoms with Crippen LogP contribution < -0.4 is 10.1 Å². The van der Waals surface area contributed by atoms with Crippen LogP contribution in [-0.2, 0) is 4.79 Å². The van der Waals surface area contributed by atoms with Crippen molar-refractivity contribution in [1.82, 2.24) is 15.2 Å². The summed E-state index contributed by atoms with van der Waals surface area (Å²) < 4.78 is 40.9. The van der Waals surface area contributed by atoms with Crippen LogP contribution in [0.4, 0.5) is 18.0 Å². The van der Waals surface area contributed by atoms with Crippen LogP contribution in [-0.4, -0.2) is 52.8 Å². The third-order valence-corrected chi connectivity index (χ3v) is 4.88. The van der Waals surface area contributed by atoms with Gasteiger partial charge in [0.2, 0.25) is 5.88 Å². The summed E-state index contributed by atoms with van der Waals surface area (Å²) in [6.45, 7) is -1.51. The van der Waals surface area contributed by atoms with Crippen molar-refractivity contribution in [3.05, 3.63) is 64.7 Å². The summed E-state index contributed by atoms with van der Waals surface area (Å²) in [5.74, 6) is -1.26. The van der Waals surface area contributed by atoms with Crippen molar-refractivity contribution in [3.63, 3.8) is 0 Å². The molecule has 3 rings (SSSR count). The molecule has 0 bridgehead atoms. The molecule has 1 aliphatic heterocycles. The van der Waals surface area contributed by atoms with E-state index in [1.807, 2.05) is 30.3 Å². The Morgan fingerprint density at radius 2 is 1.90 bits per heavy atom. The molecule has 1 aromatic carbocycles. The number of ether oxygens (including phenoxy) is 1. The highest BCUT2D eigenvalue weighted by Gasteiger charge is 2.34. The van der Waals surface area contributed by atoms with Gasteiger partial charge in [0.1, 0.15) is 0 Å². The number of amides is 3. The molecule has 31 heavy (non-hydrogen) atoms. The van der Waals surface area contributed by atoms with E-state index in [1.165, 1.54) is 6.07 Å². The van der Waals surface area contributed by atoms with Crippen LogP contribution in [0.5, 0.6) is 5.88 Å². The van der Waals surface area contributed by atoms with Crippen molar-refractivity contribution in [1.29, 1.82) is 0 Å². The molecule has 1 aromatic heterocycles. The van der Waals surface area contributed by atoms with E-state index in [-0.39, 0.29) is 24.5 Å². The third-order valence-electron chi connectivity index (χ3n) is 3.97. The average molecular weight is 451 g/mol. The molecule has 0 radical (unpaired) electrons. The summed E-state index contributed by atoms with van der Waals surface area (Å²) in [7, 11) is 0. The summed E-state index contributed by atoms with van der Waals surface area (Å²) in [6.07, 6.45) is -1.79. The van der Waals surface area contributed by atoms with E-state index in [0.29, 0.717) is 4.91 Å². The lowest BCUT2D eigenvalue weighted by Crippen LogP contribution is -2.37. The molecule has 162 valence electrons. The second-order valence-electron chi connectivity index (χ2n) is 6.29. The van der Waals surface area contributed by atoms with Crippen molar-refractivity contribution in [2.45, 2.75) is 6.18 Å². The lowest BCUT2D eigenvalue weighted by atomic mass is 10.2. The van der Waals surface area contributed by atoms with E-state index >= 15 is 0 Å². The zero-order valence-corrected chi connectivity index (χ0v) is 16.7. The Morgan fingerprint density at radius 1 is 1.16 bits per heavy atom. The first-order chi connectivity index (χ1) is 14.7.